The van der Waals surface area contributed by atoms with Crippen molar-refractivity contribution in [2.24, 2.45) is 0 Å². The van der Waals surface area contributed by atoms with Crippen molar-refractivity contribution in [2.45, 2.75) is 83.4 Å². The number of para-hydroxylation sites is 1. The van der Waals surface area contributed by atoms with Gasteiger partial charge in [0, 0.05) is 18.2 Å². The van der Waals surface area contributed by atoms with Crippen LogP contribution < -0.4 is 19.3 Å². The van der Waals surface area contributed by atoms with Crippen LogP contribution >= 0.6 is 0 Å². The van der Waals surface area contributed by atoms with Gasteiger partial charge in [-0.15, -0.1) is 0 Å². The van der Waals surface area contributed by atoms with Gasteiger partial charge in [-0.2, -0.15) is 0 Å². The predicted octanol–water partition coefficient (Wildman–Crippen LogP) is 6.12. The van der Waals surface area contributed by atoms with Crippen molar-refractivity contribution in [2.75, 3.05) is 23.5 Å². The van der Waals surface area contributed by atoms with Gasteiger partial charge < -0.3 is 14.2 Å². The first-order valence-corrected chi connectivity index (χ1v) is 13.0. The van der Waals surface area contributed by atoms with Crippen molar-refractivity contribution in [3.63, 3.8) is 0 Å². The van der Waals surface area contributed by atoms with Crippen LogP contribution in [-0.2, 0) is 11.2 Å². The molecule has 0 saturated heterocycles. The van der Waals surface area contributed by atoms with Gasteiger partial charge in [0.1, 0.15) is 5.60 Å². The molecule has 1 fully saturated rings. The normalized spacial score (nSPS) is 21.7. The molecule has 2 amide bonds. The minimum Gasteiger partial charge on any atom is -0.493 e. The number of rotatable bonds is 7. The van der Waals surface area contributed by atoms with Crippen LogP contribution in [0.3, 0.4) is 0 Å². The van der Waals surface area contributed by atoms with Crippen LogP contribution in [-0.4, -0.2) is 42.9 Å². The maximum Gasteiger partial charge on any atom is 0.415 e. The number of carbonyl (C=O) groups is 2. The lowest BCUT2D eigenvalue weighted by Crippen LogP contribution is -2.45. The summed E-state index contributed by atoms with van der Waals surface area (Å²) in [4.78, 5) is 31.4. The van der Waals surface area contributed by atoms with Crippen molar-refractivity contribution in [1.29, 1.82) is 0 Å². The zero-order chi connectivity index (χ0) is 25.7. The Bertz CT molecular complexity index is 1190. The van der Waals surface area contributed by atoms with E-state index in [1.54, 1.807) is 24.1 Å². The molecular weight excluding hydrogens is 456 g/mol. The van der Waals surface area contributed by atoms with Crippen molar-refractivity contribution in [3.8, 4) is 11.5 Å². The largest absolute Gasteiger partial charge is 0.493 e. The smallest absolute Gasteiger partial charge is 0.415 e. The average molecular weight is 493 g/mol. The molecule has 3 aliphatic rings. The molecule has 0 N–H and O–H groups in total. The summed E-state index contributed by atoms with van der Waals surface area (Å²) in [7, 11) is 1.57. The third kappa shape index (κ3) is 4.08. The van der Waals surface area contributed by atoms with Gasteiger partial charge in [-0.05, 0) is 51.3 Å². The zero-order valence-electron chi connectivity index (χ0n) is 21.9. The molecule has 2 heterocycles. The van der Waals surface area contributed by atoms with E-state index in [0.717, 1.165) is 36.9 Å². The number of hydrogen-bond donors (Lipinski definition) is 0. The summed E-state index contributed by atoms with van der Waals surface area (Å²) >= 11 is 0. The number of unbranched alkanes of at least 4 members (excludes halogenated alkanes) is 3. The van der Waals surface area contributed by atoms with Gasteiger partial charge in [0.25, 0.3) is 5.91 Å². The van der Waals surface area contributed by atoms with E-state index in [1.165, 1.54) is 0 Å². The molecule has 7 nitrogen and oxygen atoms in total. The first-order valence-electron chi connectivity index (χ1n) is 13.0. The Morgan fingerprint density at radius 2 is 1.86 bits per heavy atom. The Balaban J connectivity index is 1.59. The molecule has 2 aliphatic heterocycles. The van der Waals surface area contributed by atoms with Gasteiger partial charge in [0.05, 0.1) is 36.5 Å². The van der Waals surface area contributed by atoms with Gasteiger partial charge in [-0.1, -0.05) is 44.4 Å². The lowest BCUT2D eigenvalue weighted by molar-refractivity contribution is 0.0575. The minimum atomic E-state index is -0.668. The molecule has 2 unspecified atom stereocenters. The number of fused-ring (bicyclic) bond motifs is 3. The van der Waals surface area contributed by atoms with Gasteiger partial charge in [0.15, 0.2) is 11.5 Å². The van der Waals surface area contributed by atoms with E-state index in [2.05, 4.69) is 13.0 Å². The summed E-state index contributed by atoms with van der Waals surface area (Å²) in [6.07, 6.45) is 5.29. The highest BCUT2D eigenvalue weighted by molar-refractivity contribution is 6.16. The molecular formula is C29H36N2O5. The standard InChI is InChI=1S/C29H36N2O5/c1-6-7-8-11-14-35-24-16-22-20(15-23(24)34-5)26(32)31-21-13-10-9-12-19(21)17-29(31)18-25(29)30(22)27(33)36-28(2,3)4/h9-10,12-13,15-16,25H,6-8,11,14,17-18H2,1-5H3. The maximum atomic E-state index is 14.1. The molecule has 7 heteroatoms. The molecule has 0 aromatic heterocycles. The predicted molar refractivity (Wildman–Crippen MR) is 139 cm³/mol. The molecule has 1 spiro atoms. The number of hydrogen-bond acceptors (Lipinski definition) is 5. The maximum absolute atomic E-state index is 14.1. The molecule has 2 aromatic carbocycles. The Morgan fingerprint density at radius 3 is 2.58 bits per heavy atom. The summed E-state index contributed by atoms with van der Waals surface area (Å²) in [5.41, 5.74) is 1.84. The number of nitrogens with zero attached hydrogens (tertiary/aromatic N) is 2. The van der Waals surface area contributed by atoms with Crippen molar-refractivity contribution < 1.29 is 23.8 Å². The molecule has 0 radical (unpaired) electrons. The van der Waals surface area contributed by atoms with Crippen molar-refractivity contribution in [3.05, 3.63) is 47.5 Å². The Hall–Kier alpha value is -3.22. The number of anilines is 2. The molecule has 5 rings (SSSR count). The highest BCUT2D eigenvalue weighted by Gasteiger charge is 2.69. The van der Waals surface area contributed by atoms with Gasteiger partial charge in [0.2, 0.25) is 0 Å². The Labute approximate surface area is 213 Å². The third-order valence-corrected chi connectivity index (χ3v) is 7.31. The first-order chi connectivity index (χ1) is 17.2. The Morgan fingerprint density at radius 1 is 1.08 bits per heavy atom. The fourth-order valence-corrected chi connectivity index (χ4v) is 5.60. The molecule has 192 valence electrons. The summed E-state index contributed by atoms with van der Waals surface area (Å²) < 4.78 is 17.6. The lowest BCUT2D eigenvalue weighted by Gasteiger charge is -2.29. The SMILES string of the molecule is CCCCCCOc1cc2c(cc1OC)C(=O)N1c3ccccc3CC13CC3N2C(=O)OC(C)(C)C. The number of methoxy groups -OCH3 is 1. The Kier molecular flexibility index (Phi) is 6.13. The van der Waals surface area contributed by atoms with E-state index in [9.17, 15) is 9.59 Å². The second-order valence-electron chi connectivity index (χ2n) is 11.0. The van der Waals surface area contributed by atoms with E-state index in [0.29, 0.717) is 42.2 Å². The van der Waals surface area contributed by atoms with Crippen LogP contribution in [0.25, 0.3) is 0 Å². The number of ether oxygens (including phenoxy) is 3. The number of benzene rings is 2. The molecule has 2 aromatic rings. The fourth-order valence-electron chi connectivity index (χ4n) is 5.60. The molecule has 36 heavy (non-hydrogen) atoms. The van der Waals surface area contributed by atoms with E-state index in [4.69, 9.17) is 14.2 Å². The number of amides is 2. The quantitative estimate of drug-likeness (QED) is 0.435. The van der Waals surface area contributed by atoms with E-state index < -0.39 is 17.2 Å². The second kappa shape index (κ2) is 9.02. The number of carbonyl (C=O) groups excluding carboxylic acids is 2. The monoisotopic (exact) mass is 492 g/mol. The first kappa shape index (κ1) is 24.5. The van der Waals surface area contributed by atoms with Crippen LogP contribution in [0, 0.1) is 0 Å². The van der Waals surface area contributed by atoms with Crippen molar-refractivity contribution in [1.82, 2.24) is 0 Å². The van der Waals surface area contributed by atoms with Crippen LogP contribution in [0.15, 0.2) is 36.4 Å². The summed E-state index contributed by atoms with van der Waals surface area (Å²) in [6, 6.07) is 11.3. The average Bonchev–Trinajstić information content (AvgIpc) is 3.41. The zero-order valence-corrected chi connectivity index (χ0v) is 21.9. The topological polar surface area (TPSA) is 68.3 Å². The molecule has 1 aliphatic carbocycles. The third-order valence-electron chi connectivity index (χ3n) is 7.31. The van der Waals surface area contributed by atoms with Crippen LogP contribution in [0.4, 0.5) is 16.2 Å². The lowest BCUT2D eigenvalue weighted by atomic mass is 10.1. The summed E-state index contributed by atoms with van der Waals surface area (Å²) in [5.74, 6) is 0.890. The summed E-state index contributed by atoms with van der Waals surface area (Å²) in [6.45, 7) is 8.28. The highest BCUT2D eigenvalue weighted by Crippen LogP contribution is 2.59. The van der Waals surface area contributed by atoms with E-state index in [-0.39, 0.29) is 11.9 Å². The minimum absolute atomic E-state index is 0.128. The fraction of sp³-hybridized carbons (Fsp3) is 0.517. The van der Waals surface area contributed by atoms with Gasteiger partial charge in [-0.3, -0.25) is 14.6 Å². The van der Waals surface area contributed by atoms with Gasteiger partial charge >= 0.3 is 6.09 Å². The van der Waals surface area contributed by atoms with Crippen LogP contribution in [0.5, 0.6) is 11.5 Å². The van der Waals surface area contributed by atoms with Crippen LogP contribution in [0.2, 0.25) is 0 Å². The summed E-state index contributed by atoms with van der Waals surface area (Å²) in [5, 5.41) is 0. The van der Waals surface area contributed by atoms with Crippen LogP contribution in [0.1, 0.15) is 75.7 Å². The van der Waals surface area contributed by atoms with Gasteiger partial charge in [-0.25, -0.2) is 4.79 Å². The molecule has 2 atom stereocenters. The van der Waals surface area contributed by atoms with E-state index >= 15 is 0 Å². The highest BCUT2D eigenvalue weighted by atomic mass is 16.6. The van der Waals surface area contributed by atoms with Crippen molar-refractivity contribution >= 4 is 23.4 Å². The molecule has 0 bridgehead atoms. The second-order valence-corrected chi connectivity index (χ2v) is 11.0. The van der Waals surface area contributed by atoms with E-state index in [1.807, 2.05) is 43.9 Å². The molecule has 1 saturated carbocycles.